The average molecular weight is 340 g/mol. The highest BCUT2D eigenvalue weighted by atomic mass is 16.5. The number of ether oxygens (including phenoxy) is 1. The summed E-state index contributed by atoms with van der Waals surface area (Å²) in [5.74, 6) is -0.468. The number of para-hydroxylation sites is 1. The number of carbonyl (C=O) groups is 2. The van der Waals surface area contributed by atoms with Crippen molar-refractivity contribution in [2.45, 2.75) is 13.1 Å². The minimum Gasteiger partial charge on any atom is -0.465 e. The number of urea groups is 1. The molecule has 0 aliphatic carbocycles. The smallest absolute Gasteiger partial charge is 0.354 e. The molecule has 7 nitrogen and oxygen atoms in total. The maximum atomic E-state index is 12.8. The lowest BCUT2D eigenvalue weighted by Gasteiger charge is -2.41. The fourth-order valence-corrected chi connectivity index (χ4v) is 2.55. The SMILES string of the molecule is CCOC(=O)CN1NC(c2ccccc2)NN(c2ccccc2)C1=O. The summed E-state index contributed by atoms with van der Waals surface area (Å²) < 4.78 is 4.96. The Morgan fingerprint density at radius 1 is 1.04 bits per heavy atom. The summed E-state index contributed by atoms with van der Waals surface area (Å²) in [6.07, 6.45) is -0.367. The number of benzene rings is 2. The number of nitrogens with one attached hydrogen (secondary N) is 2. The van der Waals surface area contributed by atoms with E-state index in [0.717, 1.165) is 5.56 Å². The Balaban J connectivity index is 1.87. The second-order valence-corrected chi connectivity index (χ2v) is 5.45. The van der Waals surface area contributed by atoms with Gasteiger partial charge in [0, 0.05) is 0 Å². The van der Waals surface area contributed by atoms with Gasteiger partial charge in [0.25, 0.3) is 0 Å². The van der Waals surface area contributed by atoms with Crippen molar-refractivity contribution in [3.63, 3.8) is 0 Å². The normalized spacial score (nSPS) is 17.5. The van der Waals surface area contributed by atoms with Crippen LogP contribution in [0.5, 0.6) is 0 Å². The summed E-state index contributed by atoms with van der Waals surface area (Å²) in [6, 6.07) is 18.4. The first-order valence-electron chi connectivity index (χ1n) is 8.08. The number of hydrogen-bond acceptors (Lipinski definition) is 5. The van der Waals surface area contributed by atoms with Crippen molar-refractivity contribution in [2.24, 2.45) is 0 Å². The molecule has 1 aliphatic rings. The average Bonchev–Trinajstić information content (AvgIpc) is 2.65. The number of anilines is 1. The second-order valence-electron chi connectivity index (χ2n) is 5.45. The van der Waals surface area contributed by atoms with E-state index in [1.54, 1.807) is 6.92 Å². The molecule has 130 valence electrons. The predicted molar refractivity (Wildman–Crippen MR) is 93.1 cm³/mol. The Morgan fingerprint density at radius 2 is 1.68 bits per heavy atom. The number of amides is 2. The number of rotatable bonds is 5. The molecule has 1 unspecified atom stereocenters. The van der Waals surface area contributed by atoms with Crippen LogP contribution in [-0.2, 0) is 9.53 Å². The van der Waals surface area contributed by atoms with Crippen molar-refractivity contribution in [2.75, 3.05) is 18.2 Å². The van der Waals surface area contributed by atoms with E-state index >= 15 is 0 Å². The minimum atomic E-state index is -0.468. The number of hydrazine groups is 2. The molecular formula is C18H20N4O3. The van der Waals surface area contributed by atoms with Crippen molar-refractivity contribution in [3.05, 3.63) is 66.2 Å². The number of carbonyl (C=O) groups excluding carboxylic acids is 2. The molecule has 3 rings (SSSR count). The summed E-state index contributed by atoms with van der Waals surface area (Å²) in [5, 5.41) is 2.69. The highest BCUT2D eigenvalue weighted by Gasteiger charge is 2.34. The van der Waals surface area contributed by atoms with Gasteiger partial charge in [-0.05, 0) is 24.6 Å². The Labute approximate surface area is 146 Å². The van der Waals surface area contributed by atoms with Crippen LogP contribution in [0.4, 0.5) is 10.5 Å². The van der Waals surface area contributed by atoms with Gasteiger partial charge in [-0.1, -0.05) is 48.5 Å². The van der Waals surface area contributed by atoms with Gasteiger partial charge in [-0.25, -0.2) is 25.7 Å². The number of nitrogens with zero attached hydrogens (tertiary/aromatic N) is 2. The molecule has 2 aromatic rings. The molecule has 1 heterocycles. The number of esters is 1. The van der Waals surface area contributed by atoms with Gasteiger partial charge in [0.2, 0.25) is 0 Å². The standard InChI is InChI=1S/C18H20N4O3/c1-2-25-16(23)13-21-18(24)22(15-11-7-4-8-12-15)20-17(19-21)14-9-5-3-6-10-14/h3-12,17,19-20H,2,13H2,1H3. The Hall–Kier alpha value is -2.90. The first-order valence-corrected chi connectivity index (χ1v) is 8.08. The third-order valence-electron chi connectivity index (χ3n) is 3.71. The van der Waals surface area contributed by atoms with Crippen LogP contribution in [0.2, 0.25) is 0 Å². The molecule has 1 fully saturated rings. The Morgan fingerprint density at radius 3 is 2.32 bits per heavy atom. The lowest BCUT2D eigenvalue weighted by Crippen LogP contribution is -2.66. The van der Waals surface area contributed by atoms with Crippen molar-refractivity contribution < 1.29 is 14.3 Å². The van der Waals surface area contributed by atoms with Crippen LogP contribution < -0.4 is 15.9 Å². The predicted octanol–water partition coefficient (Wildman–Crippen LogP) is 2.20. The van der Waals surface area contributed by atoms with Crippen molar-refractivity contribution in [3.8, 4) is 0 Å². The van der Waals surface area contributed by atoms with Crippen LogP contribution in [-0.4, -0.2) is 30.2 Å². The van der Waals surface area contributed by atoms with Crippen LogP contribution in [0.25, 0.3) is 0 Å². The third kappa shape index (κ3) is 3.96. The van der Waals surface area contributed by atoms with E-state index in [2.05, 4.69) is 10.9 Å². The molecule has 2 N–H and O–H groups in total. The quantitative estimate of drug-likeness (QED) is 0.817. The van der Waals surface area contributed by atoms with Crippen LogP contribution >= 0.6 is 0 Å². The van der Waals surface area contributed by atoms with Crippen molar-refractivity contribution in [1.82, 2.24) is 15.9 Å². The summed E-state index contributed by atoms with van der Waals surface area (Å²) >= 11 is 0. The van der Waals surface area contributed by atoms with Gasteiger partial charge in [-0.2, -0.15) is 0 Å². The van der Waals surface area contributed by atoms with Crippen LogP contribution in [0.3, 0.4) is 0 Å². The largest absolute Gasteiger partial charge is 0.465 e. The Kier molecular flexibility index (Phi) is 5.27. The summed E-state index contributed by atoms with van der Waals surface area (Å²) in [5.41, 5.74) is 7.81. The molecule has 7 heteroatoms. The maximum absolute atomic E-state index is 12.8. The van der Waals surface area contributed by atoms with Crippen LogP contribution in [0.15, 0.2) is 60.7 Å². The molecule has 2 amide bonds. The van der Waals surface area contributed by atoms with E-state index in [1.165, 1.54) is 10.0 Å². The first-order chi connectivity index (χ1) is 12.2. The fourth-order valence-electron chi connectivity index (χ4n) is 2.55. The monoisotopic (exact) mass is 340 g/mol. The van der Waals surface area contributed by atoms with Gasteiger partial charge in [-0.3, -0.25) is 4.79 Å². The van der Waals surface area contributed by atoms with Gasteiger partial charge in [0.15, 0.2) is 0 Å². The molecule has 0 radical (unpaired) electrons. The fraction of sp³-hybridized carbons (Fsp3) is 0.222. The van der Waals surface area contributed by atoms with Gasteiger partial charge < -0.3 is 4.74 Å². The molecule has 2 aromatic carbocycles. The highest BCUT2D eigenvalue weighted by molar-refractivity contribution is 5.93. The first kappa shape index (κ1) is 16.9. The molecule has 1 atom stereocenters. The maximum Gasteiger partial charge on any atom is 0.354 e. The van der Waals surface area contributed by atoms with Crippen LogP contribution in [0, 0.1) is 0 Å². The molecule has 0 bridgehead atoms. The van der Waals surface area contributed by atoms with E-state index in [-0.39, 0.29) is 25.3 Å². The molecular weight excluding hydrogens is 320 g/mol. The zero-order valence-electron chi connectivity index (χ0n) is 13.9. The molecule has 1 saturated heterocycles. The second kappa shape index (κ2) is 7.78. The van der Waals surface area contributed by atoms with E-state index in [1.807, 2.05) is 60.7 Å². The van der Waals surface area contributed by atoms with Crippen LogP contribution in [0.1, 0.15) is 18.7 Å². The summed E-state index contributed by atoms with van der Waals surface area (Å²) in [7, 11) is 0. The third-order valence-corrected chi connectivity index (χ3v) is 3.71. The lowest BCUT2D eigenvalue weighted by molar-refractivity contribution is -0.144. The highest BCUT2D eigenvalue weighted by Crippen LogP contribution is 2.21. The van der Waals surface area contributed by atoms with Crippen molar-refractivity contribution >= 4 is 17.7 Å². The minimum absolute atomic E-state index is 0.180. The number of hydrogen-bond donors (Lipinski definition) is 2. The molecule has 1 aliphatic heterocycles. The van der Waals surface area contributed by atoms with Gasteiger partial charge in [-0.15, -0.1) is 0 Å². The lowest BCUT2D eigenvalue weighted by atomic mass is 10.2. The van der Waals surface area contributed by atoms with E-state index in [0.29, 0.717) is 5.69 Å². The topological polar surface area (TPSA) is 73.9 Å². The van der Waals surface area contributed by atoms with E-state index in [9.17, 15) is 9.59 Å². The zero-order chi connectivity index (χ0) is 17.6. The molecule has 0 aromatic heterocycles. The molecule has 0 saturated carbocycles. The molecule has 0 spiro atoms. The van der Waals surface area contributed by atoms with E-state index < -0.39 is 5.97 Å². The van der Waals surface area contributed by atoms with Crippen molar-refractivity contribution in [1.29, 1.82) is 0 Å². The van der Waals surface area contributed by atoms with Gasteiger partial charge >= 0.3 is 12.0 Å². The Bertz CT molecular complexity index is 724. The molecule has 25 heavy (non-hydrogen) atoms. The zero-order valence-corrected chi connectivity index (χ0v) is 13.9. The summed E-state index contributed by atoms with van der Waals surface area (Å²) in [4.78, 5) is 24.6. The van der Waals surface area contributed by atoms with Gasteiger partial charge in [0.05, 0.1) is 12.3 Å². The van der Waals surface area contributed by atoms with E-state index in [4.69, 9.17) is 4.74 Å². The summed E-state index contributed by atoms with van der Waals surface area (Å²) in [6.45, 7) is 1.82. The van der Waals surface area contributed by atoms with Gasteiger partial charge in [0.1, 0.15) is 12.7 Å².